The zero-order valence-electron chi connectivity index (χ0n) is 13.2. The molecule has 3 rings (SSSR count). The minimum atomic E-state index is -0.301. The second kappa shape index (κ2) is 6.93. The van der Waals surface area contributed by atoms with Crippen molar-refractivity contribution in [1.29, 1.82) is 0 Å². The summed E-state index contributed by atoms with van der Waals surface area (Å²) in [5, 5.41) is 2.69. The van der Waals surface area contributed by atoms with E-state index in [2.05, 4.69) is 5.32 Å². The molecule has 0 bridgehead atoms. The predicted molar refractivity (Wildman–Crippen MR) is 93.7 cm³/mol. The van der Waals surface area contributed by atoms with Crippen LogP contribution in [0, 0.1) is 6.92 Å². The maximum Gasteiger partial charge on any atom is 0.265 e. The highest BCUT2D eigenvalue weighted by Gasteiger charge is 2.26. The van der Waals surface area contributed by atoms with Crippen molar-refractivity contribution in [2.75, 3.05) is 22.7 Å². The molecule has 24 heavy (non-hydrogen) atoms. The van der Waals surface area contributed by atoms with Gasteiger partial charge in [-0.25, -0.2) is 0 Å². The first-order valence-electron chi connectivity index (χ1n) is 7.56. The molecule has 1 N–H and O–H groups in total. The summed E-state index contributed by atoms with van der Waals surface area (Å²) < 4.78 is 5.49. The van der Waals surface area contributed by atoms with Gasteiger partial charge in [0.25, 0.3) is 5.91 Å². The summed E-state index contributed by atoms with van der Waals surface area (Å²) in [6, 6.07) is 13.1. The van der Waals surface area contributed by atoms with Crippen LogP contribution in [0.25, 0.3) is 0 Å². The number of amides is 2. The average Bonchev–Trinajstić information content (AvgIpc) is 2.59. The molecule has 0 saturated heterocycles. The van der Waals surface area contributed by atoms with E-state index in [0.29, 0.717) is 23.7 Å². The van der Waals surface area contributed by atoms with Crippen molar-refractivity contribution in [1.82, 2.24) is 0 Å². The van der Waals surface area contributed by atoms with Gasteiger partial charge in [-0.1, -0.05) is 24.3 Å². The van der Waals surface area contributed by atoms with Gasteiger partial charge in [0, 0.05) is 5.69 Å². The predicted octanol–water partition coefficient (Wildman–Crippen LogP) is 3.10. The number of alkyl halides is 1. The molecule has 0 atom stereocenters. The summed E-state index contributed by atoms with van der Waals surface area (Å²) in [5.74, 6) is 0.0724. The highest BCUT2D eigenvalue weighted by molar-refractivity contribution is 6.29. The Kier molecular flexibility index (Phi) is 4.71. The molecule has 1 heterocycles. The maximum atomic E-state index is 12.4. The number of hydrogen-bond donors (Lipinski definition) is 1. The molecular formula is C18H17ClN2O3. The van der Waals surface area contributed by atoms with Gasteiger partial charge in [0.15, 0.2) is 6.61 Å². The number of halogens is 1. The van der Waals surface area contributed by atoms with Crippen molar-refractivity contribution in [2.45, 2.75) is 13.5 Å². The fraction of sp³-hybridized carbons (Fsp3) is 0.222. The number of hydrogen-bond acceptors (Lipinski definition) is 3. The lowest BCUT2D eigenvalue weighted by atomic mass is 10.1. The number of carbonyl (C=O) groups is 2. The number of nitrogens with zero attached hydrogens (tertiary/aromatic N) is 1. The molecule has 0 radical (unpaired) electrons. The number of nitrogens with one attached hydrogen (secondary N) is 1. The van der Waals surface area contributed by atoms with Crippen molar-refractivity contribution >= 4 is 34.8 Å². The largest absolute Gasteiger partial charge is 0.482 e. The molecule has 6 heteroatoms. The SMILES string of the molecule is Cc1ccccc1CN1C(=O)COc2ccc(NC(=O)CCl)cc21. The van der Waals surface area contributed by atoms with Gasteiger partial charge in [0.1, 0.15) is 11.6 Å². The Hall–Kier alpha value is -2.53. The molecule has 1 aliphatic heterocycles. The lowest BCUT2D eigenvalue weighted by molar-refractivity contribution is -0.121. The molecule has 5 nitrogen and oxygen atoms in total. The van der Waals surface area contributed by atoms with Crippen LogP contribution in [0.5, 0.6) is 5.75 Å². The zero-order chi connectivity index (χ0) is 17.1. The Labute approximate surface area is 145 Å². The van der Waals surface area contributed by atoms with Crippen molar-refractivity contribution in [3.63, 3.8) is 0 Å². The van der Waals surface area contributed by atoms with Crippen LogP contribution in [0.15, 0.2) is 42.5 Å². The van der Waals surface area contributed by atoms with Gasteiger partial charge in [-0.2, -0.15) is 0 Å². The molecule has 2 amide bonds. The number of ether oxygens (including phenoxy) is 1. The van der Waals surface area contributed by atoms with E-state index in [-0.39, 0.29) is 24.3 Å². The van der Waals surface area contributed by atoms with Gasteiger partial charge < -0.3 is 15.0 Å². The third-order valence-electron chi connectivity index (χ3n) is 3.90. The molecule has 0 aliphatic carbocycles. The molecule has 2 aromatic rings. The van der Waals surface area contributed by atoms with E-state index in [1.807, 2.05) is 31.2 Å². The van der Waals surface area contributed by atoms with E-state index < -0.39 is 0 Å². The van der Waals surface area contributed by atoms with Gasteiger partial charge in [-0.15, -0.1) is 11.6 Å². The lowest BCUT2D eigenvalue weighted by Gasteiger charge is -2.30. The van der Waals surface area contributed by atoms with E-state index in [4.69, 9.17) is 16.3 Å². The highest BCUT2D eigenvalue weighted by Crippen LogP contribution is 2.35. The first-order chi connectivity index (χ1) is 11.6. The number of anilines is 2. The molecule has 124 valence electrons. The number of benzene rings is 2. The number of fused-ring (bicyclic) bond motifs is 1. The first kappa shape index (κ1) is 16.3. The van der Waals surface area contributed by atoms with E-state index in [9.17, 15) is 9.59 Å². The molecule has 2 aromatic carbocycles. The molecule has 0 aromatic heterocycles. The van der Waals surface area contributed by atoms with Crippen LogP contribution >= 0.6 is 11.6 Å². The first-order valence-corrected chi connectivity index (χ1v) is 8.09. The minimum Gasteiger partial charge on any atom is -0.482 e. The Morgan fingerprint density at radius 1 is 1.29 bits per heavy atom. The van der Waals surface area contributed by atoms with Crippen LogP contribution in [0.2, 0.25) is 0 Å². The second-order valence-corrected chi connectivity index (χ2v) is 5.83. The molecule has 0 fully saturated rings. The third-order valence-corrected chi connectivity index (χ3v) is 4.14. The Morgan fingerprint density at radius 2 is 2.08 bits per heavy atom. The maximum absolute atomic E-state index is 12.4. The lowest BCUT2D eigenvalue weighted by Crippen LogP contribution is -2.38. The van der Waals surface area contributed by atoms with Crippen molar-refractivity contribution < 1.29 is 14.3 Å². The molecule has 0 unspecified atom stereocenters. The summed E-state index contributed by atoms with van der Waals surface area (Å²) >= 11 is 5.52. The van der Waals surface area contributed by atoms with Gasteiger partial charge in [0.2, 0.25) is 5.91 Å². The zero-order valence-corrected chi connectivity index (χ0v) is 14.0. The summed E-state index contributed by atoms with van der Waals surface area (Å²) in [7, 11) is 0. The number of aryl methyl sites for hydroxylation is 1. The summed E-state index contributed by atoms with van der Waals surface area (Å²) in [6.07, 6.45) is 0. The van der Waals surface area contributed by atoms with Gasteiger partial charge in [-0.05, 0) is 36.2 Å². The fourth-order valence-corrected chi connectivity index (χ4v) is 2.67. The van der Waals surface area contributed by atoms with E-state index >= 15 is 0 Å². The van der Waals surface area contributed by atoms with Crippen LogP contribution < -0.4 is 15.0 Å². The summed E-state index contributed by atoms with van der Waals surface area (Å²) in [4.78, 5) is 25.5. The van der Waals surface area contributed by atoms with Crippen molar-refractivity contribution in [3.05, 3.63) is 53.6 Å². The monoisotopic (exact) mass is 344 g/mol. The van der Waals surface area contributed by atoms with Crippen LogP contribution in [0.1, 0.15) is 11.1 Å². The number of carbonyl (C=O) groups excluding carboxylic acids is 2. The van der Waals surface area contributed by atoms with Gasteiger partial charge in [-0.3, -0.25) is 9.59 Å². The number of rotatable bonds is 4. The van der Waals surface area contributed by atoms with E-state index in [0.717, 1.165) is 11.1 Å². The smallest absolute Gasteiger partial charge is 0.265 e. The normalized spacial score (nSPS) is 13.2. The van der Waals surface area contributed by atoms with Crippen LogP contribution in [0.3, 0.4) is 0 Å². The highest BCUT2D eigenvalue weighted by atomic mass is 35.5. The minimum absolute atomic E-state index is 0.00622. The average molecular weight is 345 g/mol. The Morgan fingerprint density at radius 3 is 2.83 bits per heavy atom. The quantitative estimate of drug-likeness (QED) is 0.867. The Bertz CT molecular complexity index is 792. The van der Waals surface area contributed by atoms with Crippen molar-refractivity contribution in [3.8, 4) is 5.75 Å². The van der Waals surface area contributed by atoms with E-state index in [1.165, 1.54) is 0 Å². The summed E-state index contributed by atoms with van der Waals surface area (Å²) in [6.45, 7) is 2.47. The molecule has 0 saturated carbocycles. The molecular weight excluding hydrogens is 328 g/mol. The fourth-order valence-electron chi connectivity index (χ4n) is 2.61. The topological polar surface area (TPSA) is 58.6 Å². The molecule has 0 spiro atoms. The van der Waals surface area contributed by atoms with Crippen LogP contribution in [0.4, 0.5) is 11.4 Å². The van der Waals surface area contributed by atoms with Crippen LogP contribution in [-0.2, 0) is 16.1 Å². The second-order valence-electron chi connectivity index (χ2n) is 5.56. The standard InChI is InChI=1S/C18H17ClN2O3/c1-12-4-2-3-5-13(12)10-21-15-8-14(20-17(22)9-19)6-7-16(15)24-11-18(21)23/h2-8H,9-11H2,1H3,(H,20,22). The molecule has 1 aliphatic rings. The van der Waals surface area contributed by atoms with Gasteiger partial charge in [0.05, 0.1) is 12.2 Å². The Balaban J connectivity index is 1.93. The van der Waals surface area contributed by atoms with E-state index in [1.54, 1.807) is 23.1 Å². The summed E-state index contributed by atoms with van der Waals surface area (Å²) in [5.41, 5.74) is 3.40. The van der Waals surface area contributed by atoms with Gasteiger partial charge >= 0.3 is 0 Å². The van der Waals surface area contributed by atoms with Crippen molar-refractivity contribution in [2.24, 2.45) is 0 Å². The van der Waals surface area contributed by atoms with Crippen LogP contribution in [-0.4, -0.2) is 24.3 Å². The third kappa shape index (κ3) is 3.36.